The maximum absolute atomic E-state index is 12.4. The van der Waals surface area contributed by atoms with Gasteiger partial charge in [-0.25, -0.2) is 4.99 Å². The number of ether oxygens (including phenoxy) is 1. The van der Waals surface area contributed by atoms with Gasteiger partial charge in [0.25, 0.3) is 5.91 Å². The molecule has 1 aliphatic rings. The average molecular weight is 645 g/mol. The lowest BCUT2D eigenvalue weighted by Crippen LogP contribution is -2.28. The fourth-order valence-electron chi connectivity index (χ4n) is 4.56. The van der Waals surface area contributed by atoms with Crippen LogP contribution in [0.1, 0.15) is 29.6 Å². The van der Waals surface area contributed by atoms with E-state index in [1.165, 1.54) is 23.1 Å². The highest BCUT2D eigenvalue weighted by atomic mass is 35.5. The number of benzene rings is 3. The minimum Gasteiger partial charge on any atom is -0.489 e. The Labute approximate surface area is 271 Å². The van der Waals surface area contributed by atoms with Crippen molar-refractivity contribution in [1.82, 2.24) is 9.47 Å². The molecule has 0 bridgehead atoms. The van der Waals surface area contributed by atoms with Gasteiger partial charge in [-0.2, -0.15) is 0 Å². The highest BCUT2D eigenvalue weighted by Crippen LogP contribution is 2.33. The van der Waals surface area contributed by atoms with Crippen LogP contribution < -0.4 is 4.74 Å². The summed E-state index contributed by atoms with van der Waals surface area (Å²) in [5.41, 5.74) is 5.29. The third-order valence-electron chi connectivity index (χ3n) is 6.80. The van der Waals surface area contributed by atoms with Gasteiger partial charge in [0.1, 0.15) is 18.1 Å². The van der Waals surface area contributed by atoms with Crippen LogP contribution in [0.2, 0.25) is 10.0 Å². The average Bonchev–Trinajstić information content (AvgIpc) is 3.74. The van der Waals surface area contributed by atoms with Gasteiger partial charge in [0.05, 0.1) is 23.4 Å². The number of aliphatic imine (C=N–C) groups is 1. The second kappa shape index (κ2) is 14.5. The van der Waals surface area contributed by atoms with E-state index in [1.807, 2.05) is 79.7 Å². The minimum atomic E-state index is -0.0337. The van der Waals surface area contributed by atoms with Crippen LogP contribution in [0.5, 0.6) is 5.75 Å². The maximum atomic E-state index is 12.4. The molecule has 3 aromatic carbocycles. The van der Waals surface area contributed by atoms with E-state index in [9.17, 15) is 4.79 Å². The minimum absolute atomic E-state index is 0.0337. The first-order chi connectivity index (χ1) is 21.3. The lowest BCUT2D eigenvalue weighted by atomic mass is 10.2. The van der Waals surface area contributed by atoms with Crippen LogP contribution in [0, 0.1) is 13.8 Å². The van der Waals surface area contributed by atoms with Gasteiger partial charge >= 0.3 is 0 Å². The van der Waals surface area contributed by atoms with Crippen LogP contribution in [-0.4, -0.2) is 20.5 Å². The number of aryl methyl sites for hydroxylation is 2. The van der Waals surface area contributed by atoms with Gasteiger partial charge in [0, 0.05) is 32.7 Å². The molecule has 3 heterocycles. The monoisotopic (exact) mass is 643 g/mol. The molecule has 1 saturated heterocycles. The van der Waals surface area contributed by atoms with Crippen molar-refractivity contribution in [2.45, 2.75) is 33.9 Å². The van der Waals surface area contributed by atoms with Crippen molar-refractivity contribution in [3.63, 3.8) is 0 Å². The van der Waals surface area contributed by atoms with Crippen molar-refractivity contribution in [3.05, 3.63) is 147 Å². The summed E-state index contributed by atoms with van der Waals surface area (Å²) in [6, 6.07) is 31.0. The van der Waals surface area contributed by atoms with Crippen molar-refractivity contribution >= 4 is 51.7 Å². The molecule has 2 aromatic heterocycles. The third kappa shape index (κ3) is 7.66. The maximum Gasteiger partial charge on any atom is 0.266 e. The van der Waals surface area contributed by atoms with Crippen LogP contribution in [0.25, 0.3) is 5.69 Å². The molecule has 9 heteroatoms. The Morgan fingerprint density at radius 1 is 0.909 bits per heavy atom. The molecule has 0 radical (unpaired) electrons. The van der Waals surface area contributed by atoms with Crippen molar-refractivity contribution in [1.29, 1.82) is 0 Å². The molecule has 0 N–H and O–H groups in total. The number of hydrogen-bond acceptors (Lipinski definition) is 5. The number of amidine groups is 1. The number of thioether (sulfide) groups is 1. The van der Waals surface area contributed by atoms with Crippen molar-refractivity contribution in [2.24, 2.45) is 4.99 Å². The zero-order valence-electron chi connectivity index (χ0n) is 24.5. The van der Waals surface area contributed by atoms with Gasteiger partial charge in [0.15, 0.2) is 5.17 Å². The van der Waals surface area contributed by atoms with E-state index < -0.39 is 0 Å². The highest BCUT2D eigenvalue weighted by Gasteiger charge is 2.33. The van der Waals surface area contributed by atoms with Crippen LogP contribution in [0.3, 0.4) is 0 Å². The van der Waals surface area contributed by atoms with Gasteiger partial charge < -0.3 is 13.7 Å². The van der Waals surface area contributed by atoms with E-state index in [4.69, 9.17) is 32.4 Å². The highest BCUT2D eigenvalue weighted by molar-refractivity contribution is 8.18. The number of allylic oxidation sites excluding steroid dienone is 1. The molecule has 0 saturated carbocycles. The zero-order valence-corrected chi connectivity index (χ0v) is 26.9. The first-order valence-electron chi connectivity index (χ1n) is 14.0. The molecule has 0 unspecified atom stereocenters. The van der Waals surface area contributed by atoms with E-state index >= 15 is 0 Å². The van der Waals surface area contributed by atoms with Crippen molar-refractivity contribution in [3.8, 4) is 11.4 Å². The predicted molar refractivity (Wildman–Crippen MR) is 180 cm³/mol. The van der Waals surface area contributed by atoms with Gasteiger partial charge in [-0.1, -0.05) is 53.5 Å². The summed E-state index contributed by atoms with van der Waals surface area (Å²) in [5, 5.41) is 1.92. The number of furan rings is 1. The molecule has 5 aromatic rings. The summed E-state index contributed by atoms with van der Waals surface area (Å²) in [6.07, 6.45) is 3.42. The Kier molecular flexibility index (Phi) is 10.3. The van der Waals surface area contributed by atoms with Crippen LogP contribution in [-0.2, 0) is 17.9 Å². The molecule has 0 spiro atoms. The lowest BCUT2D eigenvalue weighted by Gasteiger charge is -2.13. The molecule has 1 aliphatic heterocycles. The number of carbonyl (C=O) groups excluding carboxylic acids is 1. The summed E-state index contributed by atoms with van der Waals surface area (Å²) < 4.78 is 13.4. The fraction of sp³-hybridized carbons (Fsp3) is 0.143. The second-order valence-corrected chi connectivity index (χ2v) is 11.8. The summed E-state index contributed by atoms with van der Waals surface area (Å²) in [6.45, 7) is 6.86. The molecule has 1 amide bonds. The molecule has 1 fully saturated rings. The molecular formula is C35H31Cl2N3O3S. The van der Waals surface area contributed by atoms with Gasteiger partial charge in [0.2, 0.25) is 0 Å². The third-order valence-corrected chi connectivity index (χ3v) is 8.51. The smallest absolute Gasteiger partial charge is 0.266 e. The summed E-state index contributed by atoms with van der Waals surface area (Å²) in [4.78, 5) is 19.3. The van der Waals surface area contributed by atoms with Gasteiger partial charge in [-0.05, 0) is 105 Å². The van der Waals surface area contributed by atoms with Crippen LogP contribution in [0.4, 0.5) is 5.69 Å². The van der Waals surface area contributed by atoms with Gasteiger partial charge in [-0.3, -0.25) is 9.69 Å². The molecule has 6 nitrogen and oxygen atoms in total. The van der Waals surface area contributed by atoms with Crippen molar-refractivity contribution < 1.29 is 13.9 Å². The number of rotatable bonds is 7. The normalized spacial score (nSPS) is 14.7. The summed E-state index contributed by atoms with van der Waals surface area (Å²) in [5.74, 6) is 1.51. The number of halogens is 2. The first kappa shape index (κ1) is 31.3. The number of hydrogen-bond donors (Lipinski definition) is 0. The van der Waals surface area contributed by atoms with E-state index in [1.54, 1.807) is 17.2 Å². The number of carbonyl (C=O) groups is 1. The van der Waals surface area contributed by atoms with E-state index in [2.05, 4.69) is 47.7 Å². The predicted octanol–water partition coefficient (Wildman–Crippen LogP) is 9.93. The molecule has 44 heavy (non-hydrogen) atoms. The number of nitrogens with zero attached hydrogens (tertiary/aromatic N) is 3. The molecular weight excluding hydrogens is 613 g/mol. The zero-order chi connectivity index (χ0) is 31.1. The second-order valence-electron chi connectivity index (χ2n) is 9.93. The Morgan fingerprint density at radius 3 is 2.27 bits per heavy atom. The lowest BCUT2D eigenvalue weighted by molar-refractivity contribution is -0.122. The standard InChI is InChI=1S/C19H17Cl2NO.C16H14N2O2S/c1-13-3-4-14(2)22(13)17-7-9-18(10-8-17)23-12-15-5-6-16(20)11-19(15)21;1-2-14-15(19)18(11-13-9-6-10-20-13)16(21-14)17-12-7-4-3-5-8-12/h3-11H,12H2,1-2H3;2-10H,11H2,1H3/b;14-2-,17-16?. The first-order valence-corrected chi connectivity index (χ1v) is 15.5. The molecule has 0 aliphatic carbocycles. The van der Waals surface area contributed by atoms with E-state index in [-0.39, 0.29) is 5.91 Å². The summed E-state index contributed by atoms with van der Waals surface area (Å²) >= 11 is 13.4. The number of aromatic nitrogens is 1. The van der Waals surface area contributed by atoms with E-state index in [0.29, 0.717) is 33.3 Å². The largest absolute Gasteiger partial charge is 0.489 e. The number of amides is 1. The Balaban J connectivity index is 0.000000175. The van der Waals surface area contributed by atoms with E-state index in [0.717, 1.165) is 28.4 Å². The SMILES string of the molecule is C/C=C1\SC(=Nc2ccccc2)N(Cc2ccco2)C1=O.Cc1ccc(C)n1-c1ccc(OCc2ccc(Cl)cc2Cl)cc1. The van der Waals surface area contributed by atoms with Crippen LogP contribution in [0.15, 0.2) is 124 Å². The quantitative estimate of drug-likeness (QED) is 0.166. The molecule has 224 valence electrons. The molecule has 6 rings (SSSR count). The summed E-state index contributed by atoms with van der Waals surface area (Å²) in [7, 11) is 0. The Morgan fingerprint density at radius 2 is 1.64 bits per heavy atom. The number of para-hydroxylation sites is 1. The fourth-order valence-corrected chi connectivity index (χ4v) is 5.94. The topological polar surface area (TPSA) is 60.0 Å². The Bertz CT molecular complexity index is 1760. The molecule has 0 atom stereocenters. The van der Waals surface area contributed by atoms with Crippen molar-refractivity contribution in [2.75, 3.05) is 0 Å². The van der Waals surface area contributed by atoms with Crippen LogP contribution >= 0.6 is 35.0 Å². The van der Waals surface area contributed by atoms with Gasteiger partial charge in [-0.15, -0.1) is 0 Å². The Hall–Kier alpha value is -4.17.